The molecule has 0 atom stereocenters. The Labute approximate surface area is 168 Å². The van der Waals surface area contributed by atoms with E-state index in [2.05, 4.69) is 15.6 Å². The van der Waals surface area contributed by atoms with Crippen LogP contribution in [0.3, 0.4) is 0 Å². The number of hydrogen-bond acceptors (Lipinski definition) is 4. The van der Waals surface area contributed by atoms with Gasteiger partial charge in [-0.3, -0.25) is 14.2 Å². The van der Waals surface area contributed by atoms with E-state index in [4.69, 9.17) is 0 Å². The van der Waals surface area contributed by atoms with Crippen LogP contribution in [0, 0.1) is 12.7 Å². The molecule has 0 unspecified atom stereocenters. The Hall–Kier alpha value is -3.69. The van der Waals surface area contributed by atoms with Crippen LogP contribution in [0.1, 0.15) is 11.3 Å². The fraction of sp³-hybridized carbons (Fsp3) is 0.150. The first-order valence-corrected chi connectivity index (χ1v) is 8.70. The Morgan fingerprint density at radius 3 is 2.47 bits per heavy atom. The van der Waals surface area contributed by atoms with Crippen molar-refractivity contribution >= 4 is 23.2 Å². The van der Waals surface area contributed by atoms with Gasteiger partial charge in [0.25, 0.3) is 5.56 Å². The third kappa shape index (κ3) is 5.22. The zero-order chi connectivity index (χ0) is 21.9. The number of benzene rings is 2. The quantitative estimate of drug-likeness (QED) is 0.610. The number of amides is 1. The number of aryl methyl sites for hydroxylation is 1. The molecule has 2 N–H and O–H groups in total. The zero-order valence-electron chi connectivity index (χ0n) is 15.6. The molecule has 1 aromatic heterocycles. The van der Waals surface area contributed by atoms with Gasteiger partial charge in [0.1, 0.15) is 12.4 Å². The first kappa shape index (κ1) is 21.0. The lowest BCUT2D eigenvalue weighted by molar-refractivity contribution is -0.137. The normalized spacial score (nSPS) is 11.2. The fourth-order valence-electron chi connectivity index (χ4n) is 2.68. The summed E-state index contributed by atoms with van der Waals surface area (Å²) in [5.41, 5.74) is -0.862. The third-order valence-electron chi connectivity index (χ3n) is 3.99. The van der Waals surface area contributed by atoms with Crippen molar-refractivity contribution in [2.24, 2.45) is 0 Å². The predicted molar refractivity (Wildman–Crippen MR) is 103 cm³/mol. The van der Waals surface area contributed by atoms with E-state index >= 15 is 0 Å². The van der Waals surface area contributed by atoms with E-state index in [0.29, 0.717) is 11.4 Å². The molecule has 0 fully saturated rings. The molecule has 0 spiro atoms. The van der Waals surface area contributed by atoms with Crippen molar-refractivity contribution in [1.82, 2.24) is 9.55 Å². The minimum absolute atomic E-state index is 0.00945. The highest BCUT2D eigenvalue weighted by Crippen LogP contribution is 2.30. The van der Waals surface area contributed by atoms with Gasteiger partial charge >= 0.3 is 6.18 Å². The van der Waals surface area contributed by atoms with Crippen LogP contribution in [0.15, 0.2) is 59.4 Å². The first-order chi connectivity index (χ1) is 14.1. The number of carbonyl (C=O) groups is 1. The summed E-state index contributed by atoms with van der Waals surface area (Å²) in [6.45, 7) is 1.06. The maximum atomic E-state index is 13.4. The zero-order valence-corrected chi connectivity index (χ0v) is 15.6. The van der Waals surface area contributed by atoms with Crippen LogP contribution >= 0.6 is 0 Å². The minimum atomic E-state index is -4.55. The Kier molecular flexibility index (Phi) is 5.86. The summed E-state index contributed by atoms with van der Waals surface area (Å²) in [6.07, 6.45) is -4.55. The number of nitrogens with zero attached hydrogens (tertiary/aromatic N) is 2. The second kappa shape index (κ2) is 8.36. The number of halogens is 4. The van der Waals surface area contributed by atoms with E-state index < -0.39 is 35.6 Å². The molecule has 3 aromatic rings. The lowest BCUT2D eigenvalue weighted by Crippen LogP contribution is -2.30. The van der Waals surface area contributed by atoms with Crippen molar-refractivity contribution in [3.8, 4) is 0 Å². The second-order valence-corrected chi connectivity index (χ2v) is 6.41. The molecule has 1 amide bonds. The third-order valence-corrected chi connectivity index (χ3v) is 3.99. The average molecular weight is 420 g/mol. The van der Waals surface area contributed by atoms with Crippen LogP contribution in [-0.4, -0.2) is 15.5 Å². The first-order valence-electron chi connectivity index (χ1n) is 8.70. The molecule has 1 heterocycles. The maximum Gasteiger partial charge on any atom is 0.416 e. The molecule has 0 aliphatic carbocycles. The number of hydrogen-bond donors (Lipinski definition) is 2. The van der Waals surface area contributed by atoms with E-state index in [-0.39, 0.29) is 11.6 Å². The molecule has 0 saturated heterocycles. The van der Waals surface area contributed by atoms with Crippen molar-refractivity contribution in [2.45, 2.75) is 19.6 Å². The van der Waals surface area contributed by atoms with E-state index in [9.17, 15) is 27.2 Å². The fourth-order valence-corrected chi connectivity index (χ4v) is 2.68. The second-order valence-electron chi connectivity index (χ2n) is 6.41. The maximum absolute atomic E-state index is 13.4. The molecule has 6 nitrogen and oxygen atoms in total. The van der Waals surface area contributed by atoms with Crippen LogP contribution in [0.25, 0.3) is 0 Å². The van der Waals surface area contributed by atoms with Gasteiger partial charge in [0, 0.05) is 23.1 Å². The smallest absolute Gasteiger partial charge is 0.325 e. The molecule has 156 valence electrons. The Balaban J connectivity index is 1.84. The van der Waals surface area contributed by atoms with Gasteiger partial charge in [-0.1, -0.05) is 12.1 Å². The van der Waals surface area contributed by atoms with Crippen molar-refractivity contribution in [3.05, 3.63) is 82.0 Å². The van der Waals surface area contributed by atoms with Gasteiger partial charge in [0.15, 0.2) is 0 Å². The number of alkyl halides is 3. The van der Waals surface area contributed by atoms with Gasteiger partial charge in [0.05, 0.1) is 5.56 Å². The van der Waals surface area contributed by atoms with Gasteiger partial charge in [-0.25, -0.2) is 9.37 Å². The molecule has 0 bridgehead atoms. The largest absolute Gasteiger partial charge is 0.416 e. The van der Waals surface area contributed by atoms with Gasteiger partial charge in [0.2, 0.25) is 11.9 Å². The Morgan fingerprint density at radius 1 is 1.07 bits per heavy atom. The SMILES string of the molecule is Cc1cc(=O)n(CC(=O)Nc2cccc(C(F)(F)F)c2)c(Nc2cccc(F)c2)n1. The van der Waals surface area contributed by atoms with Crippen LogP contribution in [0.2, 0.25) is 0 Å². The summed E-state index contributed by atoms with van der Waals surface area (Å²) >= 11 is 0. The summed E-state index contributed by atoms with van der Waals surface area (Å²) < 4.78 is 52.9. The van der Waals surface area contributed by atoms with E-state index in [1.165, 1.54) is 30.3 Å². The average Bonchev–Trinajstić information content (AvgIpc) is 2.64. The van der Waals surface area contributed by atoms with Crippen molar-refractivity contribution in [2.75, 3.05) is 10.6 Å². The van der Waals surface area contributed by atoms with Gasteiger partial charge in [-0.15, -0.1) is 0 Å². The highest BCUT2D eigenvalue weighted by molar-refractivity contribution is 5.90. The van der Waals surface area contributed by atoms with Crippen LogP contribution in [-0.2, 0) is 17.5 Å². The molecule has 10 heteroatoms. The highest BCUT2D eigenvalue weighted by atomic mass is 19.4. The minimum Gasteiger partial charge on any atom is -0.325 e. The van der Waals surface area contributed by atoms with E-state index in [1.807, 2.05) is 0 Å². The Bertz CT molecular complexity index is 1140. The molecule has 0 saturated carbocycles. The number of rotatable bonds is 5. The standard InChI is InChI=1S/C20H16F4N4O2/c1-12-8-18(30)28(19(25-12)27-16-7-3-5-14(21)10-16)11-17(29)26-15-6-2-4-13(9-15)20(22,23)24/h2-10H,11H2,1H3,(H,25,27)(H,26,29). The summed E-state index contributed by atoms with van der Waals surface area (Å²) in [5, 5.41) is 5.11. The van der Waals surface area contributed by atoms with E-state index in [1.54, 1.807) is 13.0 Å². The molecule has 0 aliphatic rings. The molecule has 3 rings (SSSR count). The lowest BCUT2D eigenvalue weighted by Gasteiger charge is -2.15. The topological polar surface area (TPSA) is 76.0 Å². The molecule has 0 aliphatic heterocycles. The molecule has 2 aromatic carbocycles. The summed E-state index contributed by atoms with van der Waals surface area (Å²) in [5.74, 6) is -1.25. The van der Waals surface area contributed by atoms with Crippen molar-refractivity contribution in [3.63, 3.8) is 0 Å². The molecule has 30 heavy (non-hydrogen) atoms. The monoisotopic (exact) mass is 420 g/mol. The van der Waals surface area contributed by atoms with Crippen LogP contribution < -0.4 is 16.2 Å². The number of aromatic nitrogens is 2. The van der Waals surface area contributed by atoms with Gasteiger partial charge in [-0.05, 0) is 43.3 Å². The van der Waals surface area contributed by atoms with Gasteiger partial charge < -0.3 is 10.6 Å². The van der Waals surface area contributed by atoms with Crippen LogP contribution in [0.4, 0.5) is 34.9 Å². The van der Waals surface area contributed by atoms with Crippen molar-refractivity contribution in [1.29, 1.82) is 0 Å². The molecular formula is C20H16F4N4O2. The number of nitrogens with one attached hydrogen (secondary N) is 2. The summed E-state index contributed by atoms with van der Waals surface area (Å²) in [4.78, 5) is 28.9. The molecular weight excluding hydrogens is 404 g/mol. The number of anilines is 3. The summed E-state index contributed by atoms with van der Waals surface area (Å²) in [6, 6.07) is 10.8. The van der Waals surface area contributed by atoms with Crippen molar-refractivity contribution < 1.29 is 22.4 Å². The lowest BCUT2D eigenvalue weighted by atomic mass is 10.2. The predicted octanol–water partition coefficient (Wildman–Crippen LogP) is 4.09. The Morgan fingerprint density at radius 2 is 1.77 bits per heavy atom. The summed E-state index contributed by atoms with van der Waals surface area (Å²) in [7, 11) is 0. The highest BCUT2D eigenvalue weighted by Gasteiger charge is 2.30. The molecule has 0 radical (unpaired) electrons. The number of carbonyl (C=O) groups excluding carboxylic acids is 1. The van der Waals surface area contributed by atoms with Gasteiger partial charge in [-0.2, -0.15) is 13.2 Å². The van der Waals surface area contributed by atoms with E-state index in [0.717, 1.165) is 22.8 Å². The van der Waals surface area contributed by atoms with Crippen LogP contribution in [0.5, 0.6) is 0 Å².